The van der Waals surface area contributed by atoms with E-state index in [0.29, 0.717) is 17.5 Å². The number of hydrogen-bond donors (Lipinski definition) is 2. The molecular weight excluding hydrogens is 270 g/mol. The lowest BCUT2D eigenvalue weighted by molar-refractivity contribution is -0.137. The predicted molar refractivity (Wildman–Crippen MR) is 79.6 cm³/mol. The maximum atomic E-state index is 12.2. The van der Waals surface area contributed by atoms with Crippen molar-refractivity contribution < 1.29 is 19.5 Å². The van der Waals surface area contributed by atoms with Crippen molar-refractivity contribution in [3.05, 3.63) is 34.9 Å². The van der Waals surface area contributed by atoms with Crippen molar-refractivity contribution in [2.45, 2.75) is 46.1 Å². The number of carbonyl (C=O) groups excluding carboxylic acids is 2. The van der Waals surface area contributed by atoms with Crippen LogP contribution in [-0.4, -0.2) is 28.3 Å². The van der Waals surface area contributed by atoms with E-state index < -0.39 is 11.5 Å². The maximum absolute atomic E-state index is 12.2. The van der Waals surface area contributed by atoms with E-state index in [-0.39, 0.29) is 18.1 Å². The molecule has 5 nitrogen and oxygen atoms in total. The van der Waals surface area contributed by atoms with Gasteiger partial charge in [-0.3, -0.25) is 14.4 Å². The predicted octanol–water partition coefficient (Wildman–Crippen LogP) is 2.57. The minimum Gasteiger partial charge on any atom is -0.481 e. The summed E-state index contributed by atoms with van der Waals surface area (Å²) in [5, 5.41) is 11.5. The molecule has 0 heterocycles. The minimum absolute atomic E-state index is 0.0140. The molecule has 0 atom stereocenters. The van der Waals surface area contributed by atoms with Crippen molar-refractivity contribution in [3.8, 4) is 0 Å². The van der Waals surface area contributed by atoms with Crippen LogP contribution in [0.3, 0.4) is 0 Å². The molecule has 1 amide bonds. The fourth-order valence-corrected chi connectivity index (χ4v) is 2.00. The van der Waals surface area contributed by atoms with Crippen LogP contribution < -0.4 is 5.32 Å². The average Bonchev–Trinajstić information content (AvgIpc) is 2.36. The number of Topliss-reactive ketones (excluding diaryl/α,β-unsaturated/α-hetero) is 1. The lowest BCUT2D eigenvalue weighted by Crippen LogP contribution is -2.43. The van der Waals surface area contributed by atoms with Crippen LogP contribution in [0.2, 0.25) is 0 Å². The molecule has 1 aromatic carbocycles. The molecule has 0 aromatic heterocycles. The zero-order valence-corrected chi connectivity index (χ0v) is 12.8. The van der Waals surface area contributed by atoms with Crippen LogP contribution in [0.1, 0.15) is 59.9 Å². The normalized spacial score (nSPS) is 11.0. The van der Waals surface area contributed by atoms with Gasteiger partial charge < -0.3 is 10.4 Å². The molecule has 0 saturated heterocycles. The van der Waals surface area contributed by atoms with Crippen LogP contribution in [-0.2, 0) is 4.79 Å². The molecule has 0 aliphatic heterocycles. The number of hydrogen-bond acceptors (Lipinski definition) is 3. The molecule has 0 aliphatic rings. The second-order valence-corrected chi connectivity index (χ2v) is 5.82. The van der Waals surface area contributed by atoms with Gasteiger partial charge >= 0.3 is 5.97 Å². The molecule has 0 fully saturated rings. The maximum Gasteiger partial charge on any atom is 0.303 e. The Kier molecular flexibility index (Phi) is 5.24. The van der Waals surface area contributed by atoms with Gasteiger partial charge in [0.05, 0.1) is 0 Å². The van der Waals surface area contributed by atoms with Crippen LogP contribution in [0.5, 0.6) is 0 Å². The Morgan fingerprint density at radius 3 is 2.38 bits per heavy atom. The Labute approximate surface area is 124 Å². The molecule has 5 heteroatoms. The van der Waals surface area contributed by atoms with Gasteiger partial charge in [-0.15, -0.1) is 0 Å². The number of ketones is 1. The first-order chi connectivity index (χ1) is 9.62. The van der Waals surface area contributed by atoms with Gasteiger partial charge in [-0.25, -0.2) is 0 Å². The molecular formula is C16H21NO4. The quantitative estimate of drug-likeness (QED) is 0.789. The topological polar surface area (TPSA) is 83.5 Å². The van der Waals surface area contributed by atoms with E-state index in [2.05, 4.69) is 5.32 Å². The molecule has 1 aromatic rings. The van der Waals surface area contributed by atoms with Crippen molar-refractivity contribution in [2.75, 3.05) is 0 Å². The summed E-state index contributed by atoms with van der Waals surface area (Å²) in [5.74, 6) is -1.30. The van der Waals surface area contributed by atoms with Gasteiger partial charge in [0.25, 0.3) is 5.91 Å². The van der Waals surface area contributed by atoms with Gasteiger partial charge in [0.1, 0.15) is 0 Å². The summed E-state index contributed by atoms with van der Waals surface area (Å²) >= 11 is 0. The van der Waals surface area contributed by atoms with E-state index in [0.717, 1.165) is 5.56 Å². The van der Waals surface area contributed by atoms with E-state index >= 15 is 0 Å². The monoisotopic (exact) mass is 291 g/mol. The fraction of sp³-hybridized carbons (Fsp3) is 0.438. The lowest BCUT2D eigenvalue weighted by atomic mass is 9.96. The van der Waals surface area contributed by atoms with E-state index in [1.807, 2.05) is 6.92 Å². The fourth-order valence-electron chi connectivity index (χ4n) is 2.00. The number of carboxylic acid groups (broad SMARTS) is 1. The van der Waals surface area contributed by atoms with Crippen LogP contribution >= 0.6 is 0 Å². The number of aryl methyl sites for hydroxylation is 1. The van der Waals surface area contributed by atoms with Crippen LogP contribution in [0.4, 0.5) is 0 Å². The average molecular weight is 291 g/mol. The van der Waals surface area contributed by atoms with E-state index in [4.69, 9.17) is 5.11 Å². The highest BCUT2D eigenvalue weighted by Gasteiger charge is 2.22. The highest BCUT2D eigenvalue weighted by molar-refractivity contribution is 6.00. The molecule has 0 bridgehead atoms. The zero-order chi connectivity index (χ0) is 16.2. The highest BCUT2D eigenvalue weighted by atomic mass is 16.4. The Bertz CT molecular complexity index is 576. The summed E-state index contributed by atoms with van der Waals surface area (Å²) in [4.78, 5) is 34.3. The van der Waals surface area contributed by atoms with Crippen LogP contribution in [0.25, 0.3) is 0 Å². The van der Waals surface area contributed by atoms with Gasteiger partial charge in [0, 0.05) is 23.1 Å². The van der Waals surface area contributed by atoms with E-state index in [1.54, 1.807) is 32.0 Å². The first kappa shape index (κ1) is 16.9. The number of carboxylic acids is 1. The van der Waals surface area contributed by atoms with Gasteiger partial charge in [0.15, 0.2) is 5.78 Å². The summed E-state index contributed by atoms with van der Waals surface area (Å²) in [6.07, 6.45) is 0.319. The molecule has 2 N–H and O–H groups in total. The third kappa shape index (κ3) is 5.02. The largest absolute Gasteiger partial charge is 0.481 e. The lowest BCUT2D eigenvalue weighted by Gasteiger charge is -2.25. The first-order valence-electron chi connectivity index (χ1n) is 6.78. The number of amides is 1. The molecule has 114 valence electrons. The van der Waals surface area contributed by atoms with Crippen molar-refractivity contribution in [3.63, 3.8) is 0 Å². The number of rotatable bonds is 6. The standard InChI is InChI=1S/C16H21NO4/c1-10-5-6-12(9-13(10)11(2)18)15(21)17-16(3,4)8-7-14(19)20/h5-6,9H,7-8H2,1-4H3,(H,17,21)(H,19,20). The zero-order valence-electron chi connectivity index (χ0n) is 12.8. The van der Waals surface area contributed by atoms with Crippen molar-refractivity contribution in [2.24, 2.45) is 0 Å². The second kappa shape index (κ2) is 6.52. The SMILES string of the molecule is CC(=O)c1cc(C(=O)NC(C)(C)CCC(=O)O)ccc1C. The molecule has 1 rings (SSSR count). The molecule has 0 radical (unpaired) electrons. The Hall–Kier alpha value is -2.17. The molecule has 0 spiro atoms. The Balaban J connectivity index is 2.87. The number of carbonyl (C=O) groups is 3. The van der Waals surface area contributed by atoms with Crippen LogP contribution in [0.15, 0.2) is 18.2 Å². The number of benzene rings is 1. The van der Waals surface area contributed by atoms with Crippen molar-refractivity contribution in [1.29, 1.82) is 0 Å². The Morgan fingerprint density at radius 1 is 1.24 bits per heavy atom. The summed E-state index contributed by atoms with van der Waals surface area (Å²) in [6, 6.07) is 4.96. The van der Waals surface area contributed by atoms with Crippen molar-refractivity contribution in [1.82, 2.24) is 5.32 Å². The molecule has 0 saturated carbocycles. The van der Waals surface area contributed by atoms with Gasteiger partial charge in [-0.1, -0.05) is 6.07 Å². The minimum atomic E-state index is -0.897. The van der Waals surface area contributed by atoms with E-state index in [1.165, 1.54) is 6.92 Å². The van der Waals surface area contributed by atoms with E-state index in [9.17, 15) is 14.4 Å². The summed E-state index contributed by atoms with van der Waals surface area (Å²) < 4.78 is 0. The third-order valence-corrected chi connectivity index (χ3v) is 3.29. The third-order valence-electron chi connectivity index (χ3n) is 3.29. The smallest absolute Gasteiger partial charge is 0.303 e. The van der Waals surface area contributed by atoms with Crippen LogP contribution in [0, 0.1) is 6.92 Å². The Morgan fingerprint density at radius 2 is 1.86 bits per heavy atom. The first-order valence-corrected chi connectivity index (χ1v) is 6.78. The molecule has 21 heavy (non-hydrogen) atoms. The van der Waals surface area contributed by atoms with Gasteiger partial charge in [0.2, 0.25) is 0 Å². The van der Waals surface area contributed by atoms with Crippen molar-refractivity contribution >= 4 is 17.7 Å². The second-order valence-electron chi connectivity index (χ2n) is 5.82. The van der Waals surface area contributed by atoms with Gasteiger partial charge in [-0.2, -0.15) is 0 Å². The molecule has 0 unspecified atom stereocenters. The number of nitrogens with one attached hydrogen (secondary N) is 1. The number of aliphatic carboxylic acids is 1. The molecule has 0 aliphatic carbocycles. The highest BCUT2D eigenvalue weighted by Crippen LogP contribution is 2.15. The summed E-state index contributed by atoms with van der Waals surface area (Å²) in [5.41, 5.74) is 1.11. The summed E-state index contributed by atoms with van der Waals surface area (Å²) in [7, 11) is 0. The van der Waals surface area contributed by atoms with Gasteiger partial charge in [-0.05, 0) is 51.8 Å². The summed E-state index contributed by atoms with van der Waals surface area (Å²) in [6.45, 7) is 6.82.